The zero-order valence-corrected chi connectivity index (χ0v) is 17.0. The topological polar surface area (TPSA) is 15.6 Å². The maximum Gasteiger partial charge on any atom is 0.0896 e. The first-order valence-electron chi connectivity index (χ1n) is 9.28. The van der Waals surface area contributed by atoms with Gasteiger partial charge in [0.15, 0.2) is 0 Å². The summed E-state index contributed by atoms with van der Waals surface area (Å²) in [6.07, 6.45) is 8.70. The Morgan fingerprint density at radius 1 is 0.960 bits per heavy atom. The van der Waals surface area contributed by atoms with Crippen LogP contribution in [0.2, 0.25) is 0 Å². The molecule has 1 unspecified atom stereocenters. The van der Waals surface area contributed by atoms with Crippen molar-refractivity contribution in [3.05, 3.63) is 54.1 Å². The Kier molecular flexibility index (Phi) is 5.92. The first kappa shape index (κ1) is 19.5. The van der Waals surface area contributed by atoms with Gasteiger partial charge in [0, 0.05) is 18.8 Å². The maximum atomic E-state index is 4.98. The standard InChI is InChI=1S/C23H34N2/c1-18-12-8-10-14-20(18)25(17-23(5,6)7)21-15-11-9-13-19(21)24-16-22(2,3)4/h8-15,21H,16-17H2,1-7H3. The fraction of sp³-hybridized carbons (Fsp3) is 0.522. The van der Waals surface area contributed by atoms with E-state index in [0.29, 0.717) is 0 Å². The summed E-state index contributed by atoms with van der Waals surface area (Å²) in [6.45, 7) is 17.6. The highest BCUT2D eigenvalue weighted by molar-refractivity contribution is 6.04. The van der Waals surface area contributed by atoms with Gasteiger partial charge in [0.05, 0.1) is 11.8 Å². The minimum absolute atomic E-state index is 0.188. The molecule has 0 fully saturated rings. The smallest absolute Gasteiger partial charge is 0.0896 e. The van der Waals surface area contributed by atoms with Crippen molar-refractivity contribution in [3.8, 4) is 0 Å². The lowest BCUT2D eigenvalue weighted by molar-refractivity contribution is 0.408. The third-order valence-electron chi connectivity index (χ3n) is 4.12. The van der Waals surface area contributed by atoms with E-state index in [9.17, 15) is 0 Å². The Labute approximate surface area is 154 Å². The molecule has 1 aliphatic rings. The van der Waals surface area contributed by atoms with E-state index in [-0.39, 0.29) is 16.9 Å². The lowest BCUT2D eigenvalue weighted by Crippen LogP contribution is -2.45. The van der Waals surface area contributed by atoms with E-state index in [1.807, 2.05) is 0 Å². The van der Waals surface area contributed by atoms with Gasteiger partial charge in [-0.1, -0.05) is 78.0 Å². The molecular formula is C23H34N2. The largest absolute Gasteiger partial charge is 0.359 e. The highest BCUT2D eigenvalue weighted by Crippen LogP contribution is 2.29. The minimum atomic E-state index is 0.188. The molecule has 0 aromatic heterocycles. The average Bonchev–Trinajstić information content (AvgIpc) is 2.50. The molecule has 0 radical (unpaired) electrons. The summed E-state index contributed by atoms with van der Waals surface area (Å²) < 4.78 is 0. The Hall–Kier alpha value is -1.83. The van der Waals surface area contributed by atoms with Crippen molar-refractivity contribution in [3.63, 3.8) is 0 Å². The molecule has 1 aromatic rings. The van der Waals surface area contributed by atoms with Gasteiger partial charge in [-0.2, -0.15) is 0 Å². The molecule has 1 aliphatic carbocycles. The van der Waals surface area contributed by atoms with E-state index in [4.69, 9.17) is 4.99 Å². The number of benzene rings is 1. The van der Waals surface area contributed by atoms with Crippen molar-refractivity contribution in [2.75, 3.05) is 18.0 Å². The van der Waals surface area contributed by atoms with Gasteiger partial charge in [-0.05, 0) is 35.5 Å². The molecule has 0 aliphatic heterocycles. The second-order valence-corrected chi connectivity index (χ2v) is 9.47. The normalized spacial score (nSPS) is 19.5. The molecule has 2 rings (SSSR count). The first-order chi connectivity index (χ1) is 11.6. The molecule has 2 heteroatoms. The number of aliphatic imine (C=N–C) groups is 1. The van der Waals surface area contributed by atoms with E-state index in [0.717, 1.165) is 18.8 Å². The van der Waals surface area contributed by atoms with E-state index in [2.05, 4.69) is 102 Å². The molecule has 1 aromatic carbocycles. The zero-order chi connectivity index (χ0) is 18.7. The summed E-state index contributed by atoms with van der Waals surface area (Å²) in [7, 11) is 0. The summed E-state index contributed by atoms with van der Waals surface area (Å²) in [5, 5.41) is 0. The third kappa shape index (κ3) is 5.88. The van der Waals surface area contributed by atoms with Gasteiger partial charge in [-0.25, -0.2) is 0 Å². The summed E-state index contributed by atoms with van der Waals surface area (Å²) in [4.78, 5) is 7.49. The molecule has 0 N–H and O–H groups in total. The van der Waals surface area contributed by atoms with Crippen molar-refractivity contribution in [1.29, 1.82) is 0 Å². The van der Waals surface area contributed by atoms with Gasteiger partial charge < -0.3 is 4.90 Å². The van der Waals surface area contributed by atoms with Crippen LogP contribution >= 0.6 is 0 Å². The number of nitrogens with zero attached hydrogens (tertiary/aromatic N) is 2. The number of allylic oxidation sites excluding steroid dienone is 2. The van der Waals surface area contributed by atoms with Crippen LogP contribution < -0.4 is 4.90 Å². The van der Waals surface area contributed by atoms with Gasteiger partial charge in [0.1, 0.15) is 0 Å². The SMILES string of the molecule is Cc1ccccc1N(CC(C)(C)C)C1C=CC=CC1=NCC(C)(C)C. The third-order valence-corrected chi connectivity index (χ3v) is 4.12. The van der Waals surface area contributed by atoms with Crippen molar-refractivity contribution in [1.82, 2.24) is 0 Å². The monoisotopic (exact) mass is 338 g/mol. The molecule has 1 atom stereocenters. The quantitative estimate of drug-likeness (QED) is 0.674. The van der Waals surface area contributed by atoms with Crippen LogP contribution in [0.1, 0.15) is 47.1 Å². The molecule has 0 amide bonds. The van der Waals surface area contributed by atoms with Crippen LogP contribution in [0.25, 0.3) is 0 Å². The Morgan fingerprint density at radius 2 is 1.64 bits per heavy atom. The average molecular weight is 339 g/mol. The van der Waals surface area contributed by atoms with E-state index in [1.54, 1.807) is 0 Å². The fourth-order valence-corrected chi connectivity index (χ4v) is 2.99. The second-order valence-electron chi connectivity index (χ2n) is 9.47. The molecule has 0 spiro atoms. The Morgan fingerprint density at radius 3 is 2.24 bits per heavy atom. The molecule has 0 saturated heterocycles. The van der Waals surface area contributed by atoms with Crippen LogP contribution in [0.5, 0.6) is 0 Å². The number of aryl methyl sites for hydroxylation is 1. The van der Waals surface area contributed by atoms with Crippen LogP contribution in [0.15, 0.2) is 53.6 Å². The van der Waals surface area contributed by atoms with Gasteiger partial charge in [-0.3, -0.25) is 4.99 Å². The Bertz CT molecular complexity index is 666. The van der Waals surface area contributed by atoms with Crippen LogP contribution in [-0.4, -0.2) is 24.8 Å². The highest BCUT2D eigenvalue weighted by atomic mass is 15.2. The van der Waals surface area contributed by atoms with Crippen molar-refractivity contribution in [2.24, 2.45) is 15.8 Å². The van der Waals surface area contributed by atoms with E-state index < -0.39 is 0 Å². The number of hydrogen-bond donors (Lipinski definition) is 0. The van der Waals surface area contributed by atoms with Gasteiger partial charge in [0.2, 0.25) is 0 Å². The van der Waals surface area contributed by atoms with Gasteiger partial charge in [0.25, 0.3) is 0 Å². The Balaban J connectivity index is 2.42. The minimum Gasteiger partial charge on any atom is -0.359 e. The lowest BCUT2D eigenvalue weighted by Gasteiger charge is -2.38. The molecule has 2 nitrogen and oxygen atoms in total. The molecule has 0 bridgehead atoms. The molecular weight excluding hydrogens is 304 g/mol. The van der Waals surface area contributed by atoms with Crippen LogP contribution in [0.3, 0.4) is 0 Å². The van der Waals surface area contributed by atoms with E-state index in [1.165, 1.54) is 11.3 Å². The number of rotatable bonds is 4. The van der Waals surface area contributed by atoms with Crippen molar-refractivity contribution < 1.29 is 0 Å². The zero-order valence-electron chi connectivity index (χ0n) is 17.0. The van der Waals surface area contributed by atoms with Crippen LogP contribution in [-0.2, 0) is 0 Å². The van der Waals surface area contributed by atoms with E-state index >= 15 is 0 Å². The number of hydrogen-bond acceptors (Lipinski definition) is 2. The predicted octanol–water partition coefficient (Wildman–Crippen LogP) is 5.83. The number of para-hydroxylation sites is 1. The number of anilines is 1. The molecule has 0 heterocycles. The summed E-state index contributed by atoms with van der Waals surface area (Å²) in [5.41, 5.74) is 4.16. The van der Waals surface area contributed by atoms with Gasteiger partial charge in [-0.15, -0.1) is 0 Å². The van der Waals surface area contributed by atoms with Crippen molar-refractivity contribution in [2.45, 2.75) is 54.5 Å². The summed E-state index contributed by atoms with van der Waals surface area (Å²) in [6, 6.07) is 8.85. The summed E-state index contributed by atoms with van der Waals surface area (Å²) in [5.74, 6) is 0. The second kappa shape index (κ2) is 7.59. The molecule has 136 valence electrons. The lowest BCUT2D eigenvalue weighted by atomic mass is 9.92. The van der Waals surface area contributed by atoms with Crippen molar-refractivity contribution >= 4 is 11.4 Å². The fourth-order valence-electron chi connectivity index (χ4n) is 2.99. The van der Waals surface area contributed by atoms with Gasteiger partial charge >= 0.3 is 0 Å². The first-order valence-corrected chi connectivity index (χ1v) is 9.28. The predicted molar refractivity (Wildman–Crippen MR) is 112 cm³/mol. The van der Waals surface area contributed by atoms with Crippen LogP contribution in [0, 0.1) is 17.8 Å². The molecule has 0 saturated carbocycles. The van der Waals surface area contributed by atoms with Crippen LogP contribution in [0.4, 0.5) is 5.69 Å². The highest BCUT2D eigenvalue weighted by Gasteiger charge is 2.27. The molecule has 25 heavy (non-hydrogen) atoms. The maximum absolute atomic E-state index is 4.98. The summed E-state index contributed by atoms with van der Waals surface area (Å²) >= 11 is 0.